The lowest BCUT2D eigenvalue weighted by Gasteiger charge is -2.32. The predicted molar refractivity (Wildman–Crippen MR) is 209 cm³/mol. The average Bonchev–Trinajstić information content (AvgIpc) is 3.08. The molecule has 0 aliphatic heterocycles. The van der Waals surface area contributed by atoms with Crippen molar-refractivity contribution in [1.82, 2.24) is 4.90 Å². The lowest BCUT2D eigenvalue weighted by Crippen LogP contribution is -2.44. The van der Waals surface area contributed by atoms with E-state index in [1.165, 1.54) is 218 Å². The molecule has 0 amide bonds. The van der Waals surface area contributed by atoms with Crippen LogP contribution in [0.4, 0.5) is 0 Å². The molecule has 0 spiro atoms. The topological polar surface area (TPSA) is 49.5 Å². The van der Waals surface area contributed by atoms with Crippen molar-refractivity contribution < 1.29 is 5.11 Å². The molecule has 3 N–H and O–H groups in total. The van der Waals surface area contributed by atoms with Crippen LogP contribution in [0.3, 0.4) is 0 Å². The highest BCUT2D eigenvalue weighted by atomic mass is 16.3. The first kappa shape index (κ1) is 43.0. The number of hydrogen-bond donors (Lipinski definition) is 2. The molecule has 0 heterocycles. The smallest absolute Gasteiger partial charge is 0.0667 e. The van der Waals surface area contributed by atoms with Crippen LogP contribution in [0.5, 0.6) is 0 Å². The van der Waals surface area contributed by atoms with Gasteiger partial charge in [0.1, 0.15) is 0 Å². The summed E-state index contributed by atoms with van der Waals surface area (Å²) in [5, 5.41) is 11.2. The molecule has 2 fully saturated rings. The molecule has 47 heavy (non-hydrogen) atoms. The second kappa shape index (κ2) is 31.8. The molecule has 2 atom stereocenters. The summed E-state index contributed by atoms with van der Waals surface area (Å²) in [5.41, 5.74) is 6.28. The van der Waals surface area contributed by atoms with Crippen LogP contribution in [0.1, 0.15) is 238 Å². The lowest BCUT2D eigenvalue weighted by atomic mass is 9.89. The van der Waals surface area contributed by atoms with E-state index < -0.39 is 0 Å². The second-order valence-corrected chi connectivity index (χ2v) is 16.6. The van der Waals surface area contributed by atoms with Gasteiger partial charge in [-0.3, -0.25) is 4.90 Å². The Bertz CT molecular complexity index is 604. The quantitative estimate of drug-likeness (QED) is 0.182. The van der Waals surface area contributed by atoms with E-state index in [4.69, 9.17) is 5.73 Å². The fourth-order valence-corrected chi connectivity index (χ4v) is 9.06. The SMILES string of the molecule is CCC(CN)N(CCCCC1CCCCCCCCCCCCCC1)CC(O)CCCC1CCCCCCCCCCCCCCC1. The summed E-state index contributed by atoms with van der Waals surface area (Å²) in [6.07, 6.45) is 50.6. The Kier molecular flexibility index (Phi) is 29.2. The maximum Gasteiger partial charge on any atom is 0.0667 e. The third-order valence-electron chi connectivity index (χ3n) is 12.4. The fraction of sp³-hybridized carbons (Fsp3) is 1.00. The number of nitrogens with zero attached hydrogens (tertiary/aromatic N) is 1. The summed E-state index contributed by atoms with van der Waals surface area (Å²) >= 11 is 0. The molecule has 2 unspecified atom stereocenters. The molecular weight excluding hydrogens is 572 g/mol. The zero-order valence-corrected chi connectivity index (χ0v) is 32.4. The summed E-state index contributed by atoms with van der Waals surface area (Å²) in [6.45, 7) is 4.93. The molecular formula is C44H88N2O. The van der Waals surface area contributed by atoms with E-state index in [0.717, 1.165) is 37.8 Å². The van der Waals surface area contributed by atoms with Crippen LogP contribution in [0.25, 0.3) is 0 Å². The summed E-state index contributed by atoms with van der Waals surface area (Å²) in [5.74, 6) is 1.82. The van der Waals surface area contributed by atoms with Gasteiger partial charge in [0.2, 0.25) is 0 Å². The van der Waals surface area contributed by atoms with Crippen LogP contribution in [0.2, 0.25) is 0 Å². The molecule has 0 aromatic rings. The fourth-order valence-electron chi connectivity index (χ4n) is 9.06. The van der Waals surface area contributed by atoms with Gasteiger partial charge in [0, 0.05) is 19.1 Å². The second-order valence-electron chi connectivity index (χ2n) is 16.6. The molecule has 0 saturated heterocycles. The monoisotopic (exact) mass is 661 g/mol. The van der Waals surface area contributed by atoms with Gasteiger partial charge < -0.3 is 10.8 Å². The molecule has 0 radical (unpaired) electrons. The molecule has 2 aliphatic rings. The van der Waals surface area contributed by atoms with E-state index in [1.807, 2.05) is 0 Å². The Hall–Kier alpha value is -0.120. The third kappa shape index (κ3) is 24.6. The molecule has 280 valence electrons. The van der Waals surface area contributed by atoms with Gasteiger partial charge in [-0.25, -0.2) is 0 Å². The summed E-state index contributed by atoms with van der Waals surface area (Å²) in [4.78, 5) is 2.58. The van der Waals surface area contributed by atoms with Gasteiger partial charge in [-0.2, -0.15) is 0 Å². The summed E-state index contributed by atoms with van der Waals surface area (Å²) in [6, 6.07) is 0.413. The van der Waals surface area contributed by atoms with Crippen LogP contribution >= 0.6 is 0 Å². The summed E-state index contributed by atoms with van der Waals surface area (Å²) < 4.78 is 0. The van der Waals surface area contributed by atoms with E-state index in [1.54, 1.807) is 0 Å². The first-order valence-corrected chi connectivity index (χ1v) is 22.3. The zero-order chi connectivity index (χ0) is 33.5. The Morgan fingerprint density at radius 3 is 1.19 bits per heavy atom. The van der Waals surface area contributed by atoms with Crippen LogP contribution in [-0.2, 0) is 0 Å². The van der Waals surface area contributed by atoms with Crippen LogP contribution in [0, 0.1) is 11.8 Å². The van der Waals surface area contributed by atoms with E-state index in [2.05, 4.69) is 11.8 Å². The average molecular weight is 661 g/mol. The van der Waals surface area contributed by atoms with Gasteiger partial charge in [-0.05, 0) is 37.6 Å². The van der Waals surface area contributed by atoms with Gasteiger partial charge >= 0.3 is 0 Å². The Morgan fingerprint density at radius 2 is 0.851 bits per heavy atom. The first-order chi connectivity index (χ1) is 23.2. The molecule has 2 saturated carbocycles. The minimum absolute atomic E-state index is 0.203. The first-order valence-electron chi connectivity index (χ1n) is 22.3. The van der Waals surface area contributed by atoms with E-state index in [0.29, 0.717) is 12.6 Å². The maximum atomic E-state index is 11.2. The van der Waals surface area contributed by atoms with Crippen molar-refractivity contribution in [2.75, 3.05) is 19.6 Å². The van der Waals surface area contributed by atoms with Gasteiger partial charge in [-0.1, -0.05) is 219 Å². The number of rotatable bonds is 14. The normalized spacial score (nSPS) is 22.7. The number of aliphatic hydroxyl groups is 1. The van der Waals surface area contributed by atoms with Crippen LogP contribution in [0.15, 0.2) is 0 Å². The highest BCUT2D eigenvalue weighted by molar-refractivity contribution is 4.76. The molecule has 2 rings (SSSR count). The lowest BCUT2D eigenvalue weighted by molar-refractivity contribution is 0.0769. The van der Waals surface area contributed by atoms with Gasteiger partial charge in [0.25, 0.3) is 0 Å². The maximum absolute atomic E-state index is 11.2. The molecule has 3 heteroatoms. The summed E-state index contributed by atoms with van der Waals surface area (Å²) in [7, 11) is 0. The van der Waals surface area contributed by atoms with Crippen molar-refractivity contribution in [2.45, 2.75) is 250 Å². The third-order valence-corrected chi connectivity index (χ3v) is 12.4. The number of nitrogens with two attached hydrogens (primary N) is 1. The van der Waals surface area contributed by atoms with Crippen LogP contribution in [-0.4, -0.2) is 41.8 Å². The van der Waals surface area contributed by atoms with Crippen molar-refractivity contribution in [1.29, 1.82) is 0 Å². The highest BCUT2D eigenvalue weighted by Crippen LogP contribution is 2.27. The van der Waals surface area contributed by atoms with E-state index >= 15 is 0 Å². The zero-order valence-electron chi connectivity index (χ0n) is 32.4. The molecule has 0 bridgehead atoms. The molecule has 2 aliphatic carbocycles. The predicted octanol–water partition coefficient (Wildman–Crippen LogP) is 13.3. The van der Waals surface area contributed by atoms with E-state index in [-0.39, 0.29) is 6.10 Å². The highest BCUT2D eigenvalue weighted by Gasteiger charge is 2.20. The van der Waals surface area contributed by atoms with Gasteiger partial charge in [0.05, 0.1) is 6.10 Å². The number of aliphatic hydroxyl groups excluding tert-OH is 1. The van der Waals surface area contributed by atoms with Gasteiger partial charge in [-0.15, -0.1) is 0 Å². The molecule has 0 aromatic heterocycles. The van der Waals surface area contributed by atoms with E-state index in [9.17, 15) is 5.11 Å². The Labute approximate surface area is 296 Å². The van der Waals surface area contributed by atoms with Crippen molar-refractivity contribution in [2.24, 2.45) is 17.6 Å². The van der Waals surface area contributed by atoms with Crippen molar-refractivity contribution in [3.63, 3.8) is 0 Å². The molecule has 0 aromatic carbocycles. The number of unbranched alkanes of at least 4 members (excludes halogenated alkanes) is 1. The Balaban J connectivity index is 1.73. The van der Waals surface area contributed by atoms with Gasteiger partial charge in [0.15, 0.2) is 0 Å². The number of hydrogen-bond acceptors (Lipinski definition) is 3. The largest absolute Gasteiger partial charge is 0.392 e. The minimum Gasteiger partial charge on any atom is -0.392 e. The minimum atomic E-state index is -0.203. The van der Waals surface area contributed by atoms with Crippen molar-refractivity contribution in [3.05, 3.63) is 0 Å². The molecule has 3 nitrogen and oxygen atoms in total. The van der Waals surface area contributed by atoms with Crippen molar-refractivity contribution >= 4 is 0 Å². The van der Waals surface area contributed by atoms with Crippen molar-refractivity contribution in [3.8, 4) is 0 Å². The Morgan fingerprint density at radius 1 is 0.511 bits per heavy atom. The van der Waals surface area contributed by atoms with Crippen LogP contribution < -0.4 is 5.73 Å². The standard InChI is InChI=1S/C44H88N2O/c1-2-43(39-45)46(38-29-28-35-41-31-24-20-16-12-10-6-7-11-13-17-21-25-32-41)40-44(47)37-30-36-42-33-26-22-18-14-8-4-3-5-9-15-19-23-27-34-42/h41-44,47H,2-40,45H2,1H3.